The fourth-order valence-electron chi connectivity index (χ4n) is 2.93. The van der Waals surface area contributed by atoms with Crippen LogP contribution in [0.3, 0.4) is 0 Å². The van der Waals surface area contributed by atoms with Crippen molar-refractivity contribution in [2.45, 2.75) is 59.0 Å². The summed E-state index contributed by atoms with van der Waals surface area (Å²) in [4.78, 5) is 7.17. The number of hydrogen-bond acceptors (Lipinski definition) is 3. The van der Waals surface area contributed by atoms with E-state index in [4.69, 9.17) is 4.98 Å². The lowest BCUT2D eigenvalue weighted by molar-refractivity contribution is 0.550. The number of aryl methyl sites for hydroxylation is 1. The Morgan fingerprint density at radius 2 is 2.00 bits per heavy atom. The van der Waals surface area contributed by atoms with Gasteiger partial charge in [0.25, 0.3) is 0 Å². The van der Waals surface area contributed by atoms with Crippen molar-refractivity contribution < 1.29 is 0 Å². The molecule has 1 aromatic heterocycles. The van der Waals surface area contributed by atoms with Gasteiger partial charge < -0.3 is 10.2 Å². The predicted octanol–water partition coefficient (Wildman–Crippen LogP) is 3.51. The Bertz CT molecular complexity index is 422. The van der Waals surface area contributed by atoms with Gasteiger partial charge in [-0.15, -0.1) is 0 Å². The van der Waals surface area contributed by atoms with E-state index in [1.165, 1.54) is 31.2 Å². The summed E-state index contributed by atoms with van der Waals surface area (Å²) in [6.07, 6.45) is 5.36. The minimum absolute atomic E-state index is 0.687. The van der Waals surface area contributed by atoms with Crippen LogP contribution in [0.1, 0.15) is 50.8 Å². The Morgan fingerprint density at radius 3 is 2.60 bits per heavy atom. The number of rotatable bonds is 6. The van der Waals surface area contributed by atoms with Gasteiger partial charge in [-0.05, 0) is 43.9 Å². The first-order chi connectivity index (χ1) is 9.58. The summed E-state index contributed by atoms with van der Waals surface area (Å²) < 4.78 is 0. The van der Waals surface area contributed by atoms with Crippen LogP contribution in [0.25, 0.3) is 0 Å². The topological polar surface area (TPSA) is 28.2 Å². The fourth-order valence-corrected chi connectivity index (χ4v) is 2.93. The van der Waals surface area contributed by atoms with Crippen molar-refractivity contribution in [2.24, 2.45) is 5.92 Å². The first kappa shape index (κ1) is 15.3. The van der Waals surface area contributed by atoms with E-state index in [1.807, 2.05) is 0 Å². The molecule has 0 spiro atoms. The van der Waals surface area contributed by atoms with Gasteiger partial charge in [-0.3, -0.25) is 0 Å². The zero-order valence-corrected chi connectivity index (χ0v) is 13.4. The van der Waals surface area contributed by atoms with Crippen LogP contribution < -0.4 is 10.2 Å². The Labute approximate surface area is 123 Å². The molecule has 1 aliphatic rings. The highest BCUT2D eigenvalue weighted by Crippen LogP contribution is 2.26. The van der Waals surface area contributed by atoms with E-state index in [2.05, 4.69) is 50.2 Å². The molecule has 20 heavy (non-hydrogen) atoms. The normalized spacial score (nSPS) is 16.1. The second kappa shape index (κ2) is 7.07. The predicted molar refractivity (Wildman–Crippen MR) is 86.2 cm³/mol. The third-order valence-corrected chi connectivity index (χ3v) is 4.28. The molecule has 0 saturated heterocycles. The van der Waals surface area contributed by atoms with E-state index in [-0.39, 0.29) is 0 Å². The maximum Gasteiger partial charge on any atom is 0.128 e. The summed E-state index contributed by atoms with van der Waals surface area (Å²) >= 11 is 0. The standard InChI is InChI=1S/C17H29N3/c1-13(2)11-18-12-15-9-10-17(19-14(15)3)20(4)16-7-5-6-8-16/h9-10,13,16,18H,5-8,11-12H2,1-4H3. The first-order valence-electron chi connectivity index (χ1n) is 7.98. The molecule has 1 fully saturated rings. The van der Waals surface area contributed by atoms with E-state index in [9.17, 15) is 0 Å². The summed E-state index contributed by atoms with van der Waals surface area (Å²) in [5, 5.41) is 3.49. The van der Waals surface area contributed by atoms with Crippen LogP contribution in [-0.2, 0) is 6.54 Å². The van der Waals surface area contributed by atoms with Gasteiger partial charge in [0.15, 0.2) is 0 Å². The van der Waals surface area contributed by atoms with Crippen molar-refractivity contribution in [3.05, 3.63) is 23.4 Å². The molecule has 0 unspecified atom stereocenters. The molecule has 0 radical (unpaired) electrons. The highest BCUT2D eigenvalue weighted by molar-refractivity contribution is 5.42. The second-order valence-electron chi connectivity index (χ2n) is 6.49. The van der Waals surface area contributed by atoms with Crippen molar-refractivity contribution in [2.75, 3.05) is 18.5 Å². The molecule has 112 valence electrons. The molecule has 1 N–H and O–H groups in total. The average molecular weight is 275 g/mol. The van der Waals surface area contributed by atoms with Gasteiger partial charge in [-0.25, -0.2) is 4.98 Å². The summed E-state index contributed by atoms with van der Waals surface area (Å²) in [6, 6.07) is 5.10. The van der Waals surface area contributed by atoms with Crippen LogP contribution in [0, 0.1) is 12.8 Å². The molecule has 1 saturated carbocycles. The van der Waals surface area contributed by atoms with Gasteiger partial charge in [0, 0.05) is 25.3 Å². The monoisotopic (exact) mass is 275 g/mol. The number of anilines is 1. The fraction of sp³-hybridized carbons (Fsp3) is 0.706. The number of pyridine rings is 1. The van der Waals surface area contributed by atoms with Crippen LogP contribution >= 0.6 is 0 Å². The number of hydrogen-bond donors (Lipinski definition) is 1. The van der Waals surface area contributed by atoms with E-state index >= 15 is 0 Å². The zero-order chi connectivity index (χ0) is 14.5. The summed E-state index contributed by atoms with van der Waals surface area (Å²) in [5.74, 6) is 1.82. The van der Waals surface area contributed by atoms with Crippen molar-refractivity contribution >= 4 is 5.82 Å². The van der Waals surface area contributed by atoms with Gasteiger partial charge in [0.1, 0.15) is 5.82 Å². The van der Waals surface area contributed by atoms with Crippen LogP contribution in [0.4, 0.5) is 5.82 Å². The second-order valence-corrected chi connectivity index (χ2v) is 6.49. The molecule has 3 heteroatoms. The quantitative estimate of drug-likeness (QED) is 0.861. The molecule has 0 amide bonds. The molecule has 1 aliphatic carbocycles. The molecule has 1 aromatic rings. The van der Waals surface area contributed by atoms with E-state index < -0.39 is 0 Å². The Hall–Kier alpha value is -1.09. The van der Waals surface area contributed by atoms with Crippen molar-refractivity contribution in [3.63, 3.8) is 0 Å². The number of aromatic nitrogens is 1. The maximum absolute atomic E-state index is 4.80. The van der Waals surface area contributed by atoms with Crippen molar-refractivity contribution in [1.82, 2.24) is 10.3 Å². The van der Waals surface area contributed by atoms with Gasteiger partial charge in [-0.2, -0.15) is 0 Å². The van der Waals surface area contributed by atoms with Crippen LogP contribution in [0.5, 0.6) is 0 Å². The first-order valence-corrected chi connectivity index (χ1v) is 7.98. The molecule has 2 rings (SSSR count). The van der Waals surface area contributed by atoms with Gasteiger partial charge in [0.2, 0.25) is 0 Å². The summed E-state index contributed by atoms with van der Waals surface area (Å²) in [6.45, 7) is 8.57. The number of nitrogens with zero attached hydrogens (tertiary/aromatic N) is 2. The molecule has 3 nitrogen and oxygen atoms in total. The maximum atomic E-state index is 4.80. The largest absolute Gasteiger partial charge is 0.357 e. The highest BCUT2D eigenvalue weighted by atomic mass is 15.2. The van der Waals surface area contributed by atoms with Gasteiger partial charge >= 0.3 is 0 Å². The lowest BCUT2D eigenvalue weighted by atomic mass is 10.1. The molecule has 0 aromatic carbocycles. The van der Waals surface area contributed by atoms with Crippen molar-refractivity contribution in [1.29, 1.82) is 0 Å². The highest BCUT2D eigenvalue weighted by Gasteiger charge is 2.20. The third-order valence-electron chi connectivity index (χ3n) is 4.28. The molecular weight excluding hydrogens is 246 g/mol. The molecule has 0 bridgehead atoms. The van der Waals surface area contributed by atoms with Crippen LogP contribution in [-0.4, -0.2) is 24.6 Å². The summed E-state index contributed by atoms with van der Waals surface area (Å²) in [7, 11) is 2.19. The Morgan fingerprint density at radius 1 is 1.30 bits per heavy atom. The van der Waals surface area contributed by atoms with Crippen molar-refractivity contribution in [3.8, 4) is 0 Å². The summed E-state index contributed by atoms with van der Waals surface area (Å²) in [5.41, 5.74) is 2.47. The number of nitrogens with one attached hydrogen (secondary N) is 1. The lowest BCUT2D eigenvalue weighted by Gasteiger charge is -2.26. The van der Waals surface area contributed by atoms with Gasteiger partial charge in [-0.1, -0.05) is 32.8 Å². The Balaban J connectivity index is 1.97. The van der Waals surface area contributed by atoms with E-state index in [0.717, 1.165) is 24.6 Å². The van der Waals surface area contributed by atoms with Crippen LogP contribution in [0.15, 0.2) is 12.1 Å². The average Bonchev–Trinajstić information content (AvgIpc) is 2.93. The van der Waals surface area contributed by atoms with E-state index in [1.54, 1.807) is 0 Å². The third kappa shape index (κ3) is 3.95. The van der Waals surface area contributed by atoms with Crippen LogP contribution in [0.2, 0.25) is 0 Å². The molecular formula is C17H29N3. The Kier molecular flexibility index (Phi) is 5.41. The molecule has 0 aliphatic heterocycles. The minimum atomic E-state index is 0.687. The lowest BCUT2D eigenvalue weighted by Crippen LogP contribution is -2.29. The SMILES string of the molecule is Cc1nc(N(C)C2CCCC2)ccc1CNCC(C)C. The van der Waals surface area contributed by atoms with E-state index in [0.29, 0.717) is 12.0 Å². The van der Waals surface area contributed by atoms with Gasteiger partial charge in [0.05, 0.1) is 0 Å². The smallest absolute Gasteiger partial charge is 0.128 e. The molecule has 1 heterocycles. The molecule has 0 atom stereocenters. The zero-order valence-electron chi connectivity index (χ0n) is 13.4. The minimum Gasteiger partial charge on any atom is -0.357 e.